The lowest BCUT2D eigenvalue weighted by atomic mass is 10.2. The van der Waals surface area contributed by atoms with Crippen LogP contribution in [-0.2, 0) is 27.0 Å². The zero-order valence-corrected chi connectivity index (χ0v) is 11.0. The molecule has 0 spiro atoms. The molecule has 1 unspecified atom stereocenters. The van der Waals surface area contributed by atoms with Crippen molar-refractivity contribution in [2.24, 2.45) is 0 Å². The Labute approximate surface area is 105 Å². The lowest BCUT2D eigenvalue weighted by Crippen LogP contribution is -2.20. The van der Waals surface area contributed by atoms with Crippen molar-refractivity contribution in [2.75, 3.05) is 13.3 Å². The third-order valence-electron chi connectivity index (χ3n) is 2.12. The van der Waals surface area contributed by atoms with Crippen LogP contribution in [0.1, 0.15) is 5.56 Å². The molecule has 0 aliphatic heterocycles. The number of sulfonamides is 1. The summed E-state index contributed by atoms with van der Waals surface area (Å²) in [5, 5.41) is 0. The fourth-order valence-corrected chi connectivity index (χ4v) is 2.63. The van der Waals surface area contributed by atoms with E-state index in [0.29, 0.717) is 12.1 Å². The first-order valence-corrected chi connectivity index (χ1v) is 7.61. The van der Waals surface area contributed by atoms with Gasteiger partial charge >= 0.3 is 6.18 Å². The molecular weight excluding hydrogens is 291 g/mol. The molecule has 0 radical (unpaired) electrons. The van der Waals surface area contributed by atoms with Gasteiger partial charge in [0.15, 0.2) is 0 Å². The summed E-state index contributed by atoms with van der Waals surface area (Å²) in [5.41, 5.74) is -1.15. The van der Waals surface area contributed by atoms with Crippen LogP contribution >= 0.6 is 0 Å². The van der Waals surface area contributed by atoms with E-state index in [1.165, 1.54) is 6.26 Å². The summed E-state index contributed by atoms with van der Waals surface area (Å²) in [7, 11) is -4.65. The summed E-state index contributed by atoms with van der Waals surface area (Å²) in [6.45, 7) is 0. The van der Waals surface area contributed by atoms with Crippen LogP contribution < -0.4 is 4.72 Å². The highest BCUT2D eigenvalue weighted by molar-refractivity contribution is 7.89. The summed E-state index contributed by atoms with van der Waals surface area (Å²) >= 11 is 0. The molecule has 0 fully saturated rings. The predicted molar refractivity (Wildman–Crippen MR) is 60.0 cm³/mol. The van der Waals surface area contributed by atoms with Crippen molar-refractivity contribution >= 4 is 20.8 Å². The smallest absolute Gasteiger partial charge is 0.255 e. The van der Waals surface area contributed by atoms with Gasteiger partial charge in [0.2, 0.25) is 10.0 Å². The molecule has 0 aliphatic rings. The Morgan fingerprint density at radius 2 is 1.78 bits per heavy atom. The monoisotopic (exact) mass is 301 g/mol. The first kappa shape index (κ1) is 15.1. The molecule has 102 valence electrons. The van der Waals surface area contributed by atoms with Crippen LogP contribution in [0, 0.1) is 0 Å². The third-order valence-corrected chi connectivity index (χ3v) is 4.41. The van der Waals surface area contributed by atoms with Crippen LogP contribution in [0.2, 0.25) is 0 Å². The molecule has 0 aromatic heterocycles. The largest absolute Gasteiger partial charge is 0.416 e. The van der Waals surface area contributed by atoms with Gasteiger partial charge in [0.05, 0.1) is 10.5 Å². The maximum atomic E-state index is 12.6. The van der Waals surface area contributed by atoms with Gasteiger partial charge in [-0.1, -0.05) is 0 Å². The molecule has 9 heteroatoms. The van der Waals surface area contributed by atoms with E-state index in [1.54, 1.807) is 0 Å². The molecule has 4 nitrogen and oxygen atoms in total. The maximum Gasteiger partial charge on any atom is 0.416 e. The van der Waals surface area contributed by atoms with Gasteiger partial charge in [0, 0.05) is 22.0 Å². The molecular formula is C9H10F3NO3S2. The molecule has 0 aliphatic carbocycles. The van der Waals surface area contributed by atoms with Gasteiger partial charge in [-0.25, -0.2) is 13.1 Å². The van der Waals surface area contributed by atoms with Crippen LogP contribution in [0.3, 0.4) is 0 Å². The normalized spacial score (nSPS) is 14.5. The van der Waals surface area contributed by atoms with Crippen LogP contribution in [0.15, 0.2) is 28.0 Å². The van der Waals surface area contributed by atoms with Crippen molar-refractivity contribution in [3.05, 3.63) is 23.8 Å². The van der Waals surface area contributed by atoms with Gasteiger partial charge in [-0.3, -0.25) is 4.21 Å². The second-order valence-electron chi connectivity index (χ2n) is 3.35. The summed E-state index contributed by atoms with van der Waals surface area (Å²) in [6.07, 6.45) is -3.53. The Kier molecular flexibility index (Phi) is 4.19. The Hall–Kier alpha value is -0.930. The Balaban J connectivity index is 3.56. The van der Waals surface area contributed by atoms with E-state index in [4.69, 9.17) is 0 Å². The molecule has 18 heavy (non-hydrogen) atoms. The quantitative estimate of drug-likeness (QED) is 0.916. The summed E-state index contributed by atoms with van der Waals surface area (Å²) in [4.78, 5) is -0.760. The molecule has 0 heterocycles. The third kappa shape index (κ3) is 3.30. The standard InChI is InChI=1S/C9H10F3NO3S2/c1-13-18(15,16)8-4-6(9(10,11)12)3-7(5-8)17(2)14/h3-5,13H,1-2H3. The van der Waals surface area contributed by atoms with Crippen molar-refractivity contribution < 1.29 is 25.8 Å². The van der Waals surface area contributed by atoms with E-state index >= 15 is 0 Å². The molecule has 1 aromatic rings. The number of benzene rings is 1. The number of alkyl halides is 3. The van der Waals surface area contributed by atoms with Gasteiger partial charge in [-0.05, 0) is 25.2 Å². The molecule has 1 aromatic carbocycles. The number of nitrogens with one attached hydrogen (secondary N) is 1. The zero-order valence-electron chi connectivity index (χ0n) is 9.41. The number of hydrogen-bond donors (Lipinski definition) is 1. The fraction of sp³-hybridized carbons (Fsp3) is 0.333. The Bertz CT molecular complexity index is 581. The number of rotatable bonds is 3. The summed E-state index contributed by atoms with van der Waals surface area (Å²) < 4.78 is 73.9. The predicted octanol–water partition coefficient (Wildman–Crippen LogP) is 1.35. The second kappa shape index (κ2) is 4.98. The average Bonchev–Trinajstić information content (AvgIpc) is 2.27. The molecule has 1 N–H and O–H groups in total. The minimum absolute atomic E-state index is 0.196. The van der Waals surface area contributed by atoms with Crippen molar-refractivity contribution in [1.82, 2.24) is 4.72 Å². The minimum Gasteiger partial charge on any atom is -0.255 e. The van der Waals surface area contributed by atoms with E-state index in [1.807, 2.05) is 4.72 Å². The molecule has 0 amide bonds. The molecule has 1 atom stereocenters. The minimum atomic E-state index is -4.70. The second-order valence-corrected chi connectivity index (χ2v) is 6.62. The Morgan fingerprint density at radius 3 is 2.17 bits per heavy atom. The van der Waals surface area contributed by atoms with E-state index in [2.05, 4.69) is 0 Å². The van der Waals surface area contributed by atoms with Crippen LogP contribution in [0.4, 0.5) is 13.2 Å². The van der Waals surface area contributed by atoms with Crippen molar-refractivity contribution in [2.45, 2.75) is 16.0 Å². The SMILES string of the molecule is CNS(=O)(=O)c1cc(S(C)=O)cc(C(F)(F)F)c1. The zero-order chi connectivity index (χ0) is 14.1. The highest BCUT2D eigenvalue weighted by Crippen LogP contribution is 2.32. The fourth-order valence-electron chi connectivity index (χ4n) is 1.17. The number of hydrogen-bond acceptors (Lipinski definition) is 3. The van der Waals surface area contributed by atoms with E-state index in [0.717, 1.165) is 13.1 Å². The van der Waals surface area contributed by atoms with Gasteiger partial charge in [-0.2, -0.15) is 13.2 Å². The number of halogens is 3. The van der Waals surface area contributed by atoms with Crippen LogP contribution in [0.25, 0.3) is 0 Å². The van der Waals surface area contributed by atoms with Crippen LogP contribution in [0.5, 0.6) is 0 Å². The maximum absolute atomic E-state index is 12.6. The topological polar surface area (TPSA) is 63.2 Å². The molecule has 0 bridgehead atoms. The average molecular weight is 301 g/mol. The first-order chi connectivity index (χ1) is 8.08. The van der Waals surface area contributed by atoms with E-state index in [-0.39, 0.29) is 4.90 Å². The van der Waals surface area contributed by atoms with E-state index < -0.39 is 37.5 Å². The van der Waals surface area contributed by atoms with Crippen molar-refractivity contribution in [3.63, 3.8) is 0 Å². The highest BCUT2D eigenvalue weighted by atomic mass is 32.2. The van der Waals surface area contributed by atoms with Gasteiger partial charge < -0.3 is 0 Å². The van der Waals surface area contributed by atoms with Gasteiger partial charge in [-0.15, -0.1) is 0 Å². The lowest BCUT2D eigenvalue weighted by molar-refractivity contribution is -0.137. The highest BCUT2D eigenvalue weighted by Gasteiger charge is 2.32. The molecule has 0 saturated carbocycles. The lowest BCUT2D eigenvalue weighted by Gasteiger charge is -2.11. The van der Waals surface area contributed by atoms with Crippen molar-refractivity contribution in [1.29, 1.82) is 0 Å². The summed E-state index contributed by atoms with van der Waals surface area (Å²) in [5.74, 6) is 0. The first-order valence-electron chi connectivity index (χ1n) is 4.57. The summed E-state index contributed by atoms with van der Waals surface area (Å²) in [6, 6.07) is 2.13. The van der Waals surface area contributed by atoms with E-state index in [9.17, 15) is 25.8 Å². The molecule has 0 saturated heterocycles. The van der Waals surface area contributed by atoms with Crippen molar-refractivity contribution in [3.8, 4) is 0 Å². The van der Waals surface area contributed by atoms with Gasteiger partial charge in [0.25, 0.3) is 0 Å². The Morgan fingerprint density at radius 1 is 1.22 bits per heavy atom. The van der Waals surface area contributed by atoms with Crippen LogP contribution in [-0.4, -0.2) is 25.9 Å². The van der Waals surface area contributed by atoms with Gasteiger partial charge in [0.1, 0.15) is 0 Å². The molecule has 1 rings (SSSR count).